The normalized spacial score (nSPS) is 12.0. The van der Waals surface area contributed by atoms with Gasteiger partial charge in [-0.3, -0.25) is 4.79 Å². The molecule has 1 amide bonds. The molecule has 0 saturated heterocycles. The Kier molecular flexibility index (Phi) is 5.49. The van der Waals surface area contributed by atoms with E-state index >= 15 is 0 Å². The first-order chi connectivity index (χ1) is 12.5. The number of hydrogen-bond donors (Lipinski definition) is 2. The second-order valence-corrected chi connectivity index (χ2v) is 7.49. The van der Waals surface area contributed by atoms with Crippen molar-refractivity contribution in [1.82, 2.24) is 14.9 Å². The summed E-state index contributed by atoms with van der Waals surface area (Å²) in [6.45, 7) is 3.79. The van der Waals surface area contributed by atoms with E-state index in [1.807, 2.05) is 37.3 Å². The molecule has 1 heterocycles. The summed E-state index contributed by atoms with van der Waals surface area (Å²) < 4.78 is 1.40. The van der Waals surface area contributed by atoms with Crippen molar-refractivity contribution in [3.8, 4) is 11.4 Å². The number of nitrogen functional groups attached to an aromatic ring is 1. The van der Waals surface area contributed by atoms with Crippen LogP contribution in [0, 0.1) is 6.92 Å². The Bertz CT molecular complexity index is 926. The van der Waals surface area contributed by atoms with Crippen molar-refractivity contribution >= 4 is 35.0 Å². The zero-order valence-corrected chi connectivity index (χ0v) is 15.9. The van der Waals surface area contributed by atoms with E-state index in [4.69, 9.17) is 17.4 Å². The Labute approximate surface area is 160 Å². The average Bonchev–Trinajstić information content (AvgIpc) is 2.98. The van der Waals surface area contributed by atoms with E-state index in [0.717, 1.165) is 11.1 Å². The molecule has 0 aliphatic heterocycles. The second-order valence-electron chi connectivity index (χ2n) is 5.77. The summed E-state index contributed by atoms with van der Waals surface area (Å²) in [6, 6.07) is 14.9. The van der Waals surface area contributed by atoms with Gasteiger partial charge in [0.15, 0.2) is 5.82 Å². The molecule has 0 bridgehead atoms. The van der Waals surface area contributed by atoms with Crippen LogP contribution < -0.4 is 11.2 Å². The van der Waals surface area contributed by atoms with Crippen LogP contribution in [0.25, 0.3) is 11.4 Å². The number of nitrogens with zero attached hydrogens (tertiary/aromatic N) is 3. The smallest absolute Gasteiger partial charge is 0.237 e. The summed E-state index contributed by atoms with van der Waals surface area (Å²) in [5.74, 6) is 6.47. The van der Waals surface area contributed by atoms with Gasteiger partial charge in [0.05, 0.1) is 16.0 Å². The number of hydrogen-bond acceptors (Lipinski definition) is 5. The predicted molar refractivity (Wildman–Crippen MR) is 106 cm³/mol. The molecule has 2 aromatic carbocycles. The molecule has 1 aromatic heterocycles. The monoisotopic (exact) mass is 387 g/mol. The van der Waals surface area contributed by atoms with Gasteiger partial charge in [-0.05, 0) is 26.0 Å². The number of carbonyl (C=O) groups excluding carboxylic acids is 1. The standard InChI is InChI=1S/C18H18ClN5OS/c1-11-7-9-13(10-8-11)16-22-23-18(24(16)20)26-12(2)17(25)21-15-6-4-3-5-14(15)19/h3-10,12H,20H2,1-2H3,(H,21,25). The van der Waals surface area contributed by atoms with E-state index in [-0.39, 0.29) is 5.91 Å². The van der Waals surface area contributed by atoms with Gasteiger partial charge >= 0.3 is 0 Å². The number of nitrogens with one attached hydrogen (secondary N) is 1. The SMILES string of the molecule is Cc1ccc(-c2nnc(SC(C)C(=O)Nc3ccccc3Cl)n2N)cc1. The lowest BCUT2D eigenvalue weighted by molar-refractivity contribution is -0.115. The molecule has 0 radical (unpaired) electrons. The highest BCUT2D eigenvalue weighted by atomic mass is 35.5. The topological polar surface area (TPSA) is 85.8 Å². The van der Waals surface area contributed by atoms with Gasteiger partial charge in [-0.1, -0.05) is 65.3 Å². The van der Waals surface area contributed by atoms with Crippen LogP contribution in [-0.2, 0) is 4.79 Å². The van der Waals surface area contributed by atoms with Crippen LogP contribution in [0.5, 0.6) is 0 Å². The highest BCUT2D eigenvalue weighted by Crippen LogP contribution is 2.27. The fraction of sp³-hybridized carbons (Fsp3) is 0.167. The molecule has 6 nitrogen and oxygen atoms in total. The number of halogens is 1. The van der Waals surface area contributed by atoms with Gasteiger partial charge < -0.3 is 11.2 Å². The lowest BCUT2D eigenvalue weighted by Crippen LogP contribution is -2.23. The Morgan fingerprint density at radius 2 is 1.88 bits per heavy atom. The van der Waals surface area contributed by atoms with Gasteiger partial charge in [0.2, 0.25) is 11.1 Å². The summed E-state index contributed by atoms with van der Waals surface area (Å²) in [4.78, 5) is 12.4. The Morgan fingerprint density at radius 3 is 2.58 bits per heavy atom. The minimum Gasteiger partial charge on any atom is -0.335 e. The highest BCUT2D eigenvalue weighted by molar-refractivity contribution is 8.00. The number of rotatable bonds is 5. The van der Waals surface area contributed by atoms with E-state index in [1.165, 1.54) is 16.4 Å². The number of thioether (sulfide) groups is 1. The van der Waals surface area contributed by atoms with E-state index in [0.29, 0.717) is 21.7 Å². The number of aryl methyl sites for hydroxylation is 1. The van der Waals surface area contributed by atoms with Crippen molar-refractivity contribution in [2.75, 3.05) is 11.2 Å². The number of amides is 1. The summed E-state index contributed by atoms with van der Waals surface area (Å²) in [5.41, 5.74) is 2.59. The van der Waals surface area contributed by atoms with Gasteiger partial charge in [0, 0.05) is 5.56 Å². The molecule has 1 atom stereocenters. The molecule has 3 aromatic rings. The molecular weight excluding hydrogens is 370 g/mol. The first-order valence-electron chi connectivity index (χ1n) is 7.95. The third kappa shape index (κ3) is 4.00. The maximum absolute atomic E-state index is 12.4. The first-order valence-corrected chi connectivity index (χ1v) is 9.21. The third-order valence-electron chi connectivity index (χ3n) is 3.76. The van der Waals surface area contributed by atoms with Crippen LogP contribution in [0.1, 0.15) is 12.5 Å². The lowest BCUT2D eigenvalue weighted by Gasteiger charge is -2.12. The van der Waals surface area contributed by atoms with Crippen LogP contribution in [0.15, 0.2) is 53.7 Å². The Balaban J connectivity index is 1.71. The van der Waals surface area contributed by atoms with E-state index in [9.17, 15) is 4.79 Å². The molecule has 0 aliphatic rings. The van der Waals surface area contributed by atoms with E-state index < -0.39 is 5.25 Å². The zero-order chi connectivity index (χ0) is 18.7. The fourth-order valence-corrected chi connectivity index (χ4v) is 3.22. The molecule has 3 N–H and O–H groups in total. The average molecular weight is 388 g/mol. The number of benzene rings is 2. The Hall–Kier alpha value is -2.51. The molecule has 0 aliphatic carbocycles. The molecular formula is C18H18ClN5OS. The van der Waals surface area contributed by atoms with Crippen molar-refractivity contribution < 1.29 is 4.79 Å². The third-order valence-corrected chi connectivity index (χ3v) is 5.14. The molecule has 0 fully saturated rings. The molecule has 26 heavy (non-hydrogen) atoms. The maximum Gasteiger partial charge on any atom is 0.237 e. The van der Waals surface area contributed by atoms with Crippen LogP contribution in [0.4, 0.5) is 5.69 Å². The Morgan fingerprint density at radius 1 is 1.19 bits per heavy atom. The minimum atomic E-state index is -0.427. The number of para-hydroxylation sites is 1. The fourth-order valence-electron chi connectivity index (χ4n) is 2.27. The van der Waals surface area contributed by atoms with Crippen LogP contribution in [-0.4, -0.2) is 26.0 Å². The zero-order valence-electron chi connectivity index (χ0n) is 14.3. The van der Waals surface area contributed by atoms with Gasteiger partial charge in [0.1, 0.15) is 0 Å². The largest absolute Gasteiger partial charge is 0.335 e. The number of aromatic nitrogens is 3. The molecule has 0 spiro atoms. The van der Waals surface area contributed by atoms with Gasteiger partial charge in [-0.25, -0.2) is 4.68 Å². The van der Waals surface area contributed by atoms with Crippen molar-refractivity contribution in [2.45, 2.75) is 24.3 Å². The van der Waals surface area contributed by atoms with Crippen LogP contribution in [0.3, 0.4) is 0 Å². The minimum absolute atomic E-state index is 0.192. The summed E-state index contributed by atoms with van der Waals surface area (Å²) >= 11 is 7.30. The van der Waals surface area contributed by atoms with Crippen LogP contribution >= 0.6 is 23.4 Å². The maximum atomic E-state index is 12.4. The quantitative estimate of drug-likeness (QED) is 0.514. The van der Waals surface area contributed by atoms with Crippen LogP contribution in [0.2, 0.25) is 5.02 Å². The summed E-state index contributed by atoms with van der Waals surface area (Å²) in [5, 5.41) is 11.6. The molecule has 8 heteroatoms. The van der Waals surface area contributed by atoms with E-state index in [1.54, 1.807) is 25.1 Å². The summed E-state index contributed by atoms with van der Waals surface area (Å²) in [6.07, 6.45) is 0. The van der Waals surface area contributed by atoms with Crippen molar-refractivity contribution in [3.63, 3.8) is 0 Å². The molecule has 3 rings (SSSR count). The first kappa shape index (κ1) is 18.3. The number of anilines is 1. The second kappa shape index (κ2) is 7.80. The lowest BCUT2D eigenvalue weighted by atomic mass is 10.1. The van der Waals surface area contributed by atoms with Gasteiger partial charge in [-0.15, -0.1) is 10.2 Å². The predicted octanol–water partition coefficient (Wildman–Crippen LogP) is 3.74. The van der Waals surface area contributed by atoms with Gasteiger partial charge in [0.25, 0.3) is 0 Å². The summed E-state index contributed by atoms with van der Waals surface area (Å²) in [7, 11) is 0. The molecule has 1 unspecified atom stereocenters. The molecule has 0 saturated carbocycles. The van der Waals surface area contributed by atoms with Gasteiger partial charge in [-0.2, -0.15) is 0 Å². The number of nitrogens with two attached hydrogens (primary N) is 1. The van der Waals surface area contributed by atoms with Crippen molar-refractivity contribution in [2.24, 2.45) is 0 Å². The van der Waals surface area contributed by atoms with Crippen molar-refractivity contribution in [1.29, 1.82) is 0 Å². The molecule has 134 valence electrons. The number of carbonyl (C=O) groups is 1. The highest BCUT2D eigenvalue weighted by Gasteiger charge is 2.20. The van der Waals surface area contributed by atoms with E-state index in [2.05, 4.69) is 15.5 Å². The van der Waals surface area contributed by atoms with Crippen molar-refractivity contribution in [3.05, 3.63) is 59.1 Å².